The Kier molecular flexibility index (Phi) is 4.58. The van der Waals surface area contributed by atoms with Crippen molar-refractivity contribution in [1.82, 2.24) is 29.6 Å². The van der Waals surface area contributed by atoms with Crippen molar-refractivity contribution < 1.29 is 4.74 Å². The van der Waals surface area contributed by atoms with E-state index >= 15 is 0 Å². The minimum atomic E-state index is 0.113. The number of hydrogen-bond acceptors (Lipinski definition) is 5. The molecule has 0 saturated carbocycles. The first-order valence-electron chi connectivity index (χ1n) is 8.55. The number of aryl methyl sites for hydroxylation is 1. The number of nitrogens with one attached hydrogen (secondary N) is 1. The maximum Gasteiger partial charge on any atom is 0.142 e. The predicted octanol–water partition coefficient (Wildman–Crippen LogP) is 1.87. The topological polar surface area (TPSA) is 69.8 Å². The van der Waals surface area contributed by atoms with Crippen LogP contribution in [0.25, 0.3) is 5.82 Å². The van der Waals surface area contributed by atoms with Gasteiger partial charge in [0.05, 0.1) is 5.69 Å². The molecule has 1 aliphatic heterocycles. The van der Waals surface area contributed by atoms with Crippen molar-refractivity contribution in [2.24, 2.45) is 13.0 Å². The number of hydrogen-bond donors (Lipinski definition) is 1. The molecule has 1 aliphatic rings. The van der Waals surface area contributed by atoms with Crippen LogP contribution in [0.2, 0.25) is 0 Å². The molecule has 0 amide bonds. The number of ether oxygens (including phenoxy) is 1. The number of aromatic nitrogens is 5. The van der Waals surface area contributed by atoms with E-state index in [2.05, 4.69) is 26.4 Å². The number of rotatable bonds is 6. The van der Waals surface area contributed by atoms with E-state index in [1.807, 2.05) is 47.0 Å². The molecule has 0 unspecified atom stereocenters. The summed E-state index contributed by atoms with van der Waals surface area (Å²) in [4.78, 5) is 8.59. The quantitative estimate of drug-likeness (QED) is 0.743. The molecule has 7 nitrogen and oxygen atoms in total. The van der Waals surface area contributed by atoms with Crippen LogP contribution < -0.4 is 5.32 Å². The molecule has 1 saturated heterocycles. The summed E-state index contributed by atoms with van der Waals surface area (Å²) >= 11 is 0. The Balaban J connectivity index is 1.41. The lowest BCUT2D eigenvalue weighted by molar-refractivity contribution is 0.0838. The molecular weight excluding hydrogens is 316 g/mol. The van der Waals surface area contributed by atoms with Crippen molar-refractivity contribution in [2.75, 3.05) is 13.2 Å². The van der Waals surface area contributed by atoms with Crippen molar-refractivity contribution in [3.63, 3.8) is 0 Å². The zero-order valence-electron chi connectivity index (χ0n) is 14.2. The van der Waals surface area contributed by atoms with Crippen LogP contribution in [0, 0.1) is 5.92 Å². The summed E-state index contributed by atoms with van der Waals surface area (Å²) in [6.45, 7) is 2.46. The van der Waals surface area contributed by atoms with E-state index in [-0.39, 0.29) is 6.10 Å². The van der Waals surface area contributed by atoms with Gasteiger partial charge in [-0.05, 0) is 18.6 Å². The van der Waals surface area contributed by atoms with Gasteiger partial charge in [-0.15, -0.1) is 0 Å². The zero-order chi connectivity index (χ0) is 17.1. The molecular formula is C18H22N6O. The van der Waals surface area contributed by atoms with Crippen LogP contribution in [0.15, 0.2) is 49.3 Å². The van der Waals surface area contributed by atoms with Gasteiger partial charge >= 0.3 is 0 Å². The van der Waals surface area contributed by atoms with Crippen molar-refractivity contribution >= 4 is 0 Å². The van der Waals surface area contributed by atoms with Crippen LogP contribution in [-0.2, 0) is 18.3 Å². The first-order chi connectivity index (χ1) is 12.3. The maximum atomic E-state index is 5.95. The van der Waals surface area contributed by atoms with Gasteiger partial charge in [-0.2, -0.15) is 5.10 Å². The minimum absolute atomic E-state index is 0.113. The standard InChI is InChI=1S/C18H22N6O/c1-23-16(4-7-22-23)17-14(5-10-25-17)11-20-12-15-3-2-6-21-18(15)24-9-8-19-13-24/h2-4,6-9,13-14,17,20H,5,10-12H2,1H3/t14-,17+/m0/s1. The Hall–Kier alpha value is -2.51. The van der Waals surface area contributed by atoms with Crippen LogP contribution in [0.3, 0.4) is 0 Å². The van der Waals surface area contributed by atoms with Gasteiger partial charge in [-0.25, -0.2) is 9.97 Å². The molecule has 0 bridgehead atoms. The minimum Gasteiger partial charge on any atom is -0.372 e. The number of pyridine rings is 1. The van der Waals surface area contributed by atoms with Crippen LogP contribution in [0.1, 0.15) is 23.8 Å². The molecule has 2 atom stereocenters. The van der Waals surface area contributed by atoms with Crippen molar-refractivity contribution in [3.05, 3.63) is 60.6 Å². The second kappa shape index (κ2) is 7.16. The Bertz CT molecular complexity index is 813. The second-order valence-corrected chi connectivity index (χ2v) is 6.31. The van der Waals surface area contributed by atoms with E-state index < -0.39 is 0 Å². The van der Waals surface area contributed by atoms with Crippen molar-refractivity contribution in [2.45, 2.75) is 19.1 Å². The summed E-state index contributed by atoms with van der Waals surface area (Å²) in [5.41, 5.74) is 2.29. The summed E-state index contributed by atoms with van der Waals surface area (Å²) < 4.78 is 9.79. The van der Waals surface area contributed by atoms with E-state index in [0.717, 1.165) is 43.2 Å². The molecule has 130 valence electrons. The largest absolute Gasteiger partial charge is 0.372 e. The molecule has 25 heavy (non-hydrogen) atoms. The SMILES string of the molecule is Cn1nccc1[C@@H]1OCC[C@H]1CNCc1cccnc1-n1ccnc1. The Morgan fingerprint density at radius 1 is 1.28 bits per heavy atom. The zero-order valence-corrected chi connectivity index (χ0v) is 14.2. The van der Waals surface area contributed by atoms with Gasteiger partial charge in [0.15, 0.2) is 0 Å². The van der Waals surface area contributed by atoms with E-state index in [0.29, 0.717) is 5.92 Å². The van der Waals surface area contributed by atoms with Crippen LogP contribution in [0.5, 0.6) is 0 Å². The maximum absolute atomic E-state index is 5.95. The molecule has 3 aromatic heterocycles. The van der Waals surface area contributed by atoms with Crippen LogP contribution >= 0.6 is 0 Å². The molecule has 3 aromatic rings. The van der Waals surface area contributed by atoms with Crippen LogP contribution in [-0.4, -0.2) is 37.5 Å². The first-order valence-corrected chi connectivity index (χ1v) is 8.55. The highest BCUT2D eigenvalue weighted by molar-refractivity contribution is 5.33. The predicted molar refractivity (Wildman–Crippen MR) is 93.1 cm³/mol. The fourth-order valence-corrected chi connectivity index (χ4v) is 3.41. The van der Waals surface area contributed by atoms with E-state index in [1.54, 1.807) is 12.5 Å². The molecule has 1 fully saturated rings. The average molecular weight is 338 g/mol. The molecule has 0 aliphatic carbocycles. The fraction of sp³-hybridized carbons (Fsp3) is 0.389. The molecule has 0 radical (unpaired) electrons. The van der Waals surface area contributed by atoms with Gasteiger partial charge in [0.1, 0.15) is 18.2 Å². The normalized spacial score (nSPS) is 20.2. The molecule has 4 heterocycles. The second-order valence-electron chi connectivity index (χ2n) is 6.31. The summed E-state index contributed by atoms with van der Waals surface area (Å²) in [5.74, 6) is 1.36. The monoisotopic (exact) mass is 338 g/mol. The summed E-state index contributed by atoms with van der Waals surface area (Å²) in [5, 5.41) is 7.84. The van der Waals surface area contributed by atoms with Crippen molar-refractivity contribution in [3.8, 4) is 5.82 Å². The summed E-state index contributed by atoms with van der Waals surface area (Å²) in [6.07, 6.45) is 10.3. The van der Waals surface area contributed by atoms with Gasteiger partial charge in [-0.1, -0.05) is 6.07 Å². The molecule has 1 N–H and O–H groups in total. The van der Waals surface area contributed by atoms with E-state index in [9.17, 15) is 0 Å². The smallest absolute Gasteiger partial charge is 0.142 e. The highest BCUT2D eigenvalue weighted by atomic mass is 16.5. The van der Waals surface area contributed by atoms with Gasteiger partial charge < -0.3 is 10.1 Å². The van der Waals surface area contributed by atoms with E-state index in [1.165, 1.54) is 0 Å². The average Bonchev–Trinajstić information content (AvgIpc) is 3.36. The lowest BCUT2D eigenvalue weighted by Crippen LogP contribution is -2.26. The fourth-order valence-electron chi connectivity index (χ4n) is 3.41. The van der Waals surface area contributed by atoms with Gasteiger partial charge in [0.2, 0.25) is 0 Å². The number of imidazole rings is 1. The highest BCUT2D eigenvalue weighted by Gasteiger charge is 2.31. The molecule has 7 heteroatoms. The Morgan fingerprint density at radius 2 is 2.24 bits per heavy atom. The first kappa shape index (κ1) is 16.0. The third kappa shape index (κ3) is 3.33. The summed E-state index contributed by atoms with van der Waals surface area (Å²) in [7, 11) is 1.97. The third-order valence-electron chi connectivity index (χ3n) is 4.70. The lowest BCUT2D eigenvalue weighted by atomic mass is 9.99. The third-order valence-corrected chi connectivity index (χ3v) is 4.70. The highest BCUT2D eigenvalue weighted by Crippen LogP contribution is 2.33. The van der Waals surface area contributed by atoms with Crippen molar-refractivity contribution in [1.29, 1.82) is 0 Å². The van der Waals surface area contributed by atoms with Gasteiger partial charge in [0.25, 0.3) is 0 Å². The molecule has 0 aromatic carbocycles. The van der Waals surface area contributed by atoms with Gasteiger partial charge in [0, 0.05) is 63.0 Å². The molecule has 4 rings (SSSR count). The Morgan fingerprint density at radius 3 is 3.04 bits per heavy atom. The van der Waals surface area contributed by atoms with Gasteiger partial charge in [-0.3, -0.25) is 9.25 Å². The van der Waals surface area contributed by atoms with E-state index in [4.69, 9.17) is 4.74 Å². The Labute approximate surface area is 146 Å². The molecule has 0 spiro atoms. The number of nitrogens with zero attached hydrogens (tertiary/aromatic N) is 5. The lowest BCUT2D eigenvalue weighted by Gasteiger charge is -2.19. The van der Waals surface area contributed by atoms with Crippen LogP contribution in [0.4, 0.5) is 0 Å². The summed E-state index contributed by atoms with van der Waals surface area (Å²) in [6, 6.07) is 6.11.